The molecule has 0 radical (unpaired) electrons. The molecule has 1 saturated carbocycles. The molecule has 6 heteroatoms. The van der Waals surface area contributed by atoms with E-state index in [9.17, 15) is 4.79 Å². The minimum Gasteiger partial charge on any atom is -0.441 e. The first-order valence-corrected chi connectivity index (χ1v) is 9.72. The van der Waals surface area contributed by atoms with Crippen LogP contribution in [0.4, 0.5) is 4.79 Å². The van der Waals surface area contributed by atoms with Gasteiger partial charge in [0.15, 0.2) is 0 Å². The predicted octanol–water partition coefficient (Wildman–Crippen LogP) is 3.26. The van der Waals surface area contributed by atoms with E-state index < -0.39 is 0 Å². The summed E-state index contributed by atoms with van der Waals surface area (Å²) in [5, 5.41) is 3.22. The summed E-state index contributed by atoms with van der Waals surface area (Å²) in [6, 6.07) is 0.358. The van der Waals surface area contributed by atoms with Gasteiger partial charge in [0.2, 0.25) is 0 Å². The number of thiazole rings is 1. The number of nitrogens with zero attached hydrogens (tertiary/aromatic N) is 3. The average molecular weight is 335 g/mol. The molecular weight excluding hydrogens is 310 g/mol. The van der Waals surface area contributed by atoms with Crippen LogP contribution in [0.5, 0.6) is 0 Å². The number of amides is 1. The lowest BCUT2D eigenvalue weighted by Gasteiger charge is -2.36. The van der Waals surface area contributed by atoms with Crippen LogP contribution in [-0.4, -0.2) is 52.2 Å². The molecule has 2 aliphatic heterocycles. The largest absolute Gasteiger partial charge is 0.441 e. The van der Waals surface area contributed by atoms with Crippen molar-refractivity contribution in [2.75, 3.05) is 19.6 Å². The lowest BCUT2D eigenvalue weighted by Crippen LogP contribution is -2.46. The SMILES string of the molecule is O=C1OC2(CCCCC2)CN1C1CCN(Cc2nccs2)CC1. The number of ether oxygens (including phenoxy) is 1. The molecule has 0 bridgehead atoms. The van der Waals surface area contributed by atoms with Gasteiger partial charge in [-0.3, -0.25) is 4.90 Å². The highest BCUT2D eigenvalue weighted by molar-refractivity contribution is 7.09. The third kappa shape index (κ3) is 3.24. The standard InChI is InChI=1S/C17H25N3O2S/c21-16-20(13-17(22-16)6-2-1-3-7-17)14-4-9-19(10-5-14)12-15-18-8-11-23-15/h8,11,14H,1-7,9-10,12-13H2. The van der Waals surface area contributed by atoms with Crippen LogP contribution in [0.15, 0.2) is 11.6 Å². The number of hydrogen-bond acceptors (Lipinski definition) is 5. The molecule has 4 rings (SSSR count). The first kappa shape index (κ1) is 15.4. The fourth-order valence-corrected chi connectivity index (χ4v) is 4.95. The number of piperidine rings is 1. The Kier molecular flexibility index (Phi) is 4.28. The van der Waals surface area contributed by atoms with Gasteiger partial charge in [-0.05, 0) is 38.5 Å². The number of carbonyl (C=O) groups excluding carboxylic acids is 1. The summed E-state index contributed by atoms with van der Waals surface area (Å²) < 4.78 is 5.83. The summed E-state index contributed by atoms with van der Waals surface area (Å²) in [6.45, 7) is 3.85. The molecule has 1 amide bonds. The normalized spacial score (nSPS) is 25.9. The zero-order chi connectivity index (χ0) is 15.7. The van der Waals surface area contributed by atoms with E-state index in [0.717, 1.165) is 51.9 Å². The van der Waals surface area contributed by atoms with Crippen molar-refractivity contribution >= 4 is 17.4 Å². The van der Waals surface area contributed by atoms with Gasteiger partial charge < -0.3 is 9.64 Å². The molecule has 2 saturated heterocycles. The maximum atomic E-state index is 12.4. The smallest absolute Gasteiger partial charge is 0.410 e. The minimum atomic E-state index is -0.159. The zero-order valence-electron chi connectivity index (χ0n) is 13.6. The third-order valence-electron chi connectivity index (χ3n) is 5.60. The van der Waals surface area contributed by atoms with Crippen molar-refractivity contribution in [1.29, 1.82) is 0 Å². The Morgan fingerprint density at radius 1 is 1.26 bits per heavy atom. The molecule has 1 spiro atoms. The van der Waals surface area contributed by atoms with Gasteiger partial charge in [-0.2, -0.15) is 0 Å². The van der Waals surface area contributed by atoms with E-state index in [1.165, 1.54) is 24.3 Å². The second kappa shape index (κ2) is 6.40. The molecule has 1 aliphatic carbocycles. The summed E-state index contributed by atoms with van der Waals surface area (Å²) in [5.74, 6) is 0. The second-order valence-electron chi connectivity index (χ2n) is 7.17. The van der Waals surface area contributed by atoms with Crippen LogP contribution >= 0.6 is 11.3 Å². The number of rotatable bonds is 3. The van der Waals surface area contributed by atoms with E-state index in [-0.39, 0.29) is 11.7 Å². The van der Waals surface area contributed by atoms with E-state index in [0.29, 0.717) is 6.04 Å². The van der Waals surface area contributed by atoms with E-state index >= 15 is 0 Å². The molecule has 1 aromatic heterocycles. The van der Waals surface area contributed by atoms with E-state index in [2.05, 4.69) is 9.88 Å². The molecule has 0 unspecified atom stereocenters. The number of carbonyl (C=O) groups is 1. The molecule has 3 heterocycles. The van der Waals surface area contributed by atoms with Gasteiger partial charge >= 0.3 is 6.09 Å². The van der Waals surface area contributed by atoms with Gasteiger partial charge in [-0.1, -0.05) is 6.42 Å². The molecule has 3 aliphatic rings. The van der Waals surface area contributed by atoms with Crippen LogP contribution < -0.4 is 0 Å². The van der Waals surface area contributed by atoms with E-state index in [1.54, 1.807) is 11.3 Å². The van der Waals surface area contributed by atoms with E-state index in [1.807, 2.05) is 16.5 Å². The lowest BCUT2D eigenvalue weighted by atomic mass is 9.84. The average Bonchev–Trinajstić information content (AvgIpc) is 3.17. The van der Waals surface area contributed by atoms with Gasteiger partial charge in [-0.25, -0.2) is 9.78 Å². The summed E-state index contributed by atoms with van der Waals surface area (Å²) in [7, 11) is 0. The van der Waals surface area contributed by atoms with Crippen molar-refractivity contribution in [3.05, 3.63) is 16.6 Å². The molecular formula is C17H25N3O2S. The Labute approximate surface area is 141 Å². The second-order valence-corrected chi connectivity index (χ2v) is 8.15. The van der Waals surface area contributed by atoms with Crippen molar-refractivity contribution in [3.63, 3.8) is 0 Å². The Morgan fingerprint density at radius 3 is 2.74 bits per heavy atom. The molecule has 3 fully saturated rings. The van der Waals surface area contributed by atoms with Gasteiger partial charge in [0.25, 0.3) is 0 Å². The molecule has 0 atom stereocenters. The maximum absolute atomic E-state index is 12.4. The minimum absolute atomic E-state index is 0.0646. The highest BCUT2D eigenvalue weighted by Gasteiger charge is 2.47. The highest BCUT2D eigenvalue weighted by atomic mass is 32.1. The van der Waals surface area contributed by atoms with Crippen LogP contribution in [-0.2, 0) is 11.3 Å². The fourth-order valence-electron chi connectivity index (χ4n) is 4.30. The van der Waals surface area contributed by atoms with Crippen LogP contribution in [0.25, 0.3) is 0 Å². The Morgan fingerprint density at radius 2 is 2.04 bits per heavy atom. The highest BCUT2D eigenvalue weighted by Crippen LogP contribution is 2.38. The number of likely N-dealkylation sites (tertiary alicyclic amines) is 1. The molecule has 126 valence electrons. The first-order valence-electron chi connectivity index (χ1n) is 8.84. The predicted molar refractivity (Wildman–Crippen MR) is 89.4 cm³/mol. The van der Waals surface area contributed by atoms with Crippen molar-refractivity contribution in [2.45, 2.75) is 63.1 Å². The van der Waals surface area contributed by atoms with Gasteiger partial charge in [-0.15, -0.1) is 11.3 Å². The third-order valence-corrected chi connectivity index (χ3v) is 6.37. The van der Waals surface area contributed by atoms with Crippen LogP contribution in [0, 0.1) is 0 Å². The number of aromatic nitrogens is 1. The lowest BCUT2D eigenvalue weighted by molar-refractivity contribution is 0.0259. The van der Waals surface area contributed by atoms with Crippen LogP contribution in [0.2, 0.25) is 0 Å². The number of hydrogen-bond donors (Lipinski definition) is 0. The quantitative estimate of drug-likeness (QED) is 0.850. The van der Waals surface area contributed by atoms with Crippen LogP contribution in [0.3, 0.4) is 0 Å². The monoisotopic (exact) mass is 335 g/mol. The van der Waals surface area contributed by atoms with Crippen molar-refractivity contribution in [2.24, 2.45) is 0 Å². The molecule has 1 aromatic rings. The molecule has 0 aromatic carbocycles. The summed E-state index contributed by atoms with van der Waals surface area (Å²) in [6.07, 6.45) is 9.71. The molecule has 23 heavy (non-hydrogen) atoms. The van der Waals surface area contributed by atoms with Crippen molar-refractivity contribution in [3.8, 4) is 0 Å². The summed E-state index contributed by atoms with van der Waals surface area (Å²) in [4.78, 5) is 21.2. The summed E-state index contributed by atoms with van der Waals surface area (Å²) >= 11 is 1.72. The van der Waals surface area contributed by atoms with Gasteiger partial charge in [0.05, 0.1) is 13.1 Å². The van der Waals surface area contributed by atoms with Crippen molar-refractivity contribution < 1.29 is 9.53 Å². The van der Waals surface area contributed by atoms with E-state index in [4.69, 9.17) is 4.74 Å². The first-order chi connectivity index (χ1) is 11.2. The van der Waals surface area contributed by atoms with Gasteiger partial charge in [0.1, 0.15) is 10.6 Å². The summed E-state index contributed by atoms with van der Waals surface area (Å²) in [5.41, 5.74) is -0.159. The van der Waals surface area contributed by atoms with Gasteiger partial charge in [0, 0.05) is 30.7 Å². The van der Waals surface area contributed by atoms with Crippen LogP contribution in [0.1, 0.15) is 50.0 Å². The Balaban J connectivity index is 1.32. The fraction of sp³-hybridized carbons (Fsp3) is 0.765. The van der Waals surface area contributed by atoms with Crippen molar-refractivity contribution in [1.82, 2.24) is 14.8 Å². The zero-order valence-corrected chi connectivity index (χ0v) is 14.4. The molecule has 5 nitrogen and oxygen atoms in total. The Bertz CT molecular complexity index is 534. The molecule has 0 N–H and O–H groups in total. The topological polar surface area (TPSA) is 45.7 Å². The Hall–Kier alpha value is -1.14. The maximum Gasteiger partial charge on any atom is 0.410 e.